The van der Waals surface area contributed by atoms with Crippen LogP contribution < -0.4 is 10.0 Å². The van der Waals surface area contributed by atoms with E-state index in [9.17, 15) is 8.42 Å². The van der Waals surface area contributed by atoms with Gasteiger partial charge in [-0.05, 0) is 23.6 Å². The number of hydrogen-bond acceptors (Lipinski definition) is 5. The molecule has 0 radical (unpaired) electrons. The van der Waals surface area contributed by atoms with Crippen LogP contribution >= 0.6 is 22.7 Å². The summed E-state index contributed by atoms with van der Waals surface area (Å²) < 4.78 is 27.2. The maximum absolute atomic E-state index is 12.1. The quantitative estimate of drug-likeness (QED) is 0.861. The van der Waals surface area contributed by atoms with Crippen molar-refractivity contribution in [2.24, 2.45) is 0 Å². The molecule has 19 heavy (non-hydrogen) atoms. The van der Waals surface area contributed by atoms with Gasteiger partial charge in [-0.1, -0.05) is 13.8 Å². The molecule has 0 unspecified atom stereocenters. The topological polar surface area (TPSA) is 58.2 Å². The van der Waals surface area contributed by atoms with E-state index in [0.29, 0.717) is 22.5 Å². The molecule has 0 bridgehead atoms. The molecule has 0 aromatic carbocycles. The maximum Gasteiger partial charge on any atom is 0.271 e. The zero-order valence-corrected chi connectivity index (χ0v) is 13.2. The number of sulfonamides is 1. The molecule has 0 amide bonds. The molecule has 0 atom stereocenters. The van der Waals surface area contributed by atoms with Gasteiger partial charge < -0.3 is 5.32 Å². The third-order valence-electron chi connectivity index (χ3n) is 2.36. The van der Waals surface area contributed by atoms with Crippen LogP contribution in [0, 0.1) is 0 Å². The Kier molecular flexibility index (Phi) is 4.62. The Morgan fingerprint density at radius 1 is 1.26 bits per heavy atom. The molecule has 0 spiro atoms. The minimum Gasteiger partial charge on any atom is -0.310 e. The monoisotopic (exact) mass is 316 g/mol. The van der Waals surface area contributed by atoms with Crippen molar-refractivity contribution < 1.29 is 8.42 Å². The molecule has 7 heteroatoms. The van der Waals surface area contributed by atoms with Crippen molar-refractivity contribution in [1.29, 1.82) is 0 Å². The molecule has 0 aliphatic rings. The van der Waals surface area contributed by atoms with Crippen molar-refractivity contribution in [3.63, 3.8) is 0 Å². The van der Waals surface area contributed by atoms with E-state index in [2.05, 4.69) is 23.9 Å². The second-order valence-electron chi connectivity index (χ2n) is 4.37. The Hall–Kier alpha value is -0.890. The number of hydrogen-bond donors (Lipinski definition) is 2. The van der Waals surface area contributed by atoms with E-state index in [1.54, 1.807) is 17.5 Å². The first-order valence-corrected chi connectivity index (χ1v) is 9.09. The molecule has 2 N–H and O–H groups in total. The lowest BCUT2D eigenvalue weighted by atomic mass is 10.4. The molecular formula is C12H16N2O2S3. The number of nitrogens with one attached hydrogen (secondary N) is 2. The van der Waals surface area contributed by atoms with Crippen LogP contribution in [0.3, 0.4) is 0 Å². The van der Waals surface area contributed by atoms with E-state index in [-0.39, 0.29) is 0 Å². The van der Waals surface area contributed by atoms with Crippen LogP contribution in [-0.4, -0.2) is 14.5 Å². The summed E-state index contributed by atoms with van der Waals surface area (Å²) in [5, 5.41) is 6.88. The molecule has 0 aliphatic carbocycles. The van der Waals surface area contributed by atoms with Gasteiger partial charge in [0.2, 0.25) is 0 Å². The molecule has 0 saturated heterocycles. The summed E-state index contributed by atoms with van der Waals surface area (Å²) in [6.07, 6.45) is 0. The molecule has 2 aromatic rings. The van der Waals surface area contributed by atoms with Crippen LogP contribution in [0.2, 0.25) is 0 Å². The second kappa shape index (κ2) is 6.04. The Bertz CT molecular complexity index is 615. The molecular weight excluding hydrogens is 300 g/mol. The lowest BCUT2D eigenvalue weighted by molar-refractivity contribution is 0.593. The summed E-state index contributed by atoms with van der Waals surface area (Å²) in [5.74, 6) is 0. The van der Waals surface area contributed by atoms with Crippen LogP contribution in [0.15, 0.2) is 33.2 Å². The van der Waals surface area contributed by atoms with Crippen molar-refractivity contribution in [3.05, 3.63) is 33.8 Å². The van der Waals surface area contributed by atoms with E-state index in [1.807, 2.05) is 11.4 Å². The summed E-state index contributed by atoms with van der Waals surface area (Å²) in [6, 6.07) is 5.63. The highest BCUT2D eigenvalue weighted by atomic mass is 32.2. The summed E-state index contributed by atoms with van der Waals surface area (Å²) in [4.78, 5) is 1.01. The van der Waals surface area contributed by atoms with Crippen molar-refractivity contribution in [2.75, 3.05) is 4.72 Å². The molecule has 2 rings (SSSR count). The van der Waals surface area contributed by atoms with Gasteiger partial charge in [0.05, 0.1) is 5.69 Å². The number of thiophene rings is 2. The predicted octanol–water partition coefficient (Wildman–Crippen LogP) is 3.11. The predicted molar refractivity (Wildman–Crippen MR) is 81.4 cm³/mol. The third kappa shape index (κ3) is 4.04. The fraction of sp³-hybridized carbons (Fsp3) is 0.333. The zero-order valence-electron chi connectivity index (χ0n) is 10.7. The first-order valence-electron chi connectivity index (χ1n) is 5.84. The van der Waals surface area contributed by atoms with Gasteiger partial charge in [0, 0.05) is 22.8 Å². The number of rotatable bonds is 6. The van der Waals surface area contributed by atoms with E-state index in [4.69, 9.17) is 0 Å². The van der Waals surface area contributed by atoms with Crippen LogP contribution in [0.1, 0.15) is 18.7 Å². The lowest BCUT2D eigenvalue weighted by Gasteiger charge is -2.05. The average molecular weight is 316 g/mol. The molecule has 2 aromatic heterocycles. The smallest absolute Gasteiger partial charge is 0.271 e. The minimum atomic E-state index is -3.45. The van der Waals surface area contributed by atoms with Gasteiger partial charge in [-0.25, -0.2) is 8.42 Å². The molecule has 104 valence electrons. The summed E-state index contributed by atoms with van der Waals surface area (Å²) >= 11 is 2.75. The third-order valence-corrected chi connectivity index (χ3v) is 6.00. The van der Waals surface area contributed by atoms with E-state index in [1.165, 1.54) is 22.7 Å². The average Bonchev–Trinajstić information content (AvgIpc) is 2.96. The van der Waals surface area contributed by atoms with Crippen LogP contribution in [-0.2, 0) is 16.6 Å². The SMILES string of the molecule is CC(C)NCc1ccc(S(=O)(=O)Nc2ccsc2)s1. The van der Waals surface area contributed by atoms with Gasteiger partial charge in [0.15, 0.2) is 0 Å². The van der Waals surface area contributed by atoms with E-state index in [0.717, 1.165) is 4.88 Å². The van der Waals surface area contributed by atoms with Crippen LogP contribution in [0.5, 0.6) is 0 Å². The van der Waals surface area contributed by atoms with Crippen molar-refractivity contribution in [3.8, 4) is 0 Å². The van der Waals surface area contributed by atoms with Crippen LogP contribution in [0.4, 0.5) is 5.69 Å². The normalized spacial score (nSPS) is 11.9. The zero-order chi connectivity index (χ0) is 13.9. The Morgan fingerprint density at radius 2 is 2.05 bits per heavy atom. The van der Waals surface area contributed by atoms with Gasteiger partial charge in [-0.2, -0.15) is 11.3 Å². The second-order valence-corrected chi connectivity index (χ2v) is 8.23. The maximum atomic E-state index is 12.1. The Balaban J connectivity index is 2.08. The van der Waals surface area contributed by atoms with Crippen molar-refractivity contribution in [2.45, 2.75) is 30.6 Å². The van der Waals surface area contributed by atoms with Crippen LogP contribution in [0.25, 0.3) is 0 Å². The largest absolute Gasteiger partial charge is 0.310 e. The summed E-state index contributed by atoms with van der Waals surface area (Å²) in [6.45, 7) is 4.81. The molecule has 0 fully saturated rings. The van der Waals surface area contributed by atoms with Crippen molar-refractivity contribution in [1.82, 2.24) is 5.32 Å². The molecule has 2 heterocycles. The minimum absolute atomic E-state index is 0.347. The highest BCUT2D eigenvalue weighted by Gasteiger charge is 2.17. The van der Waals surface area contributed by atoms with Gasteiger partial charge in [0.25, 0.3) is 10.0 Å². The van der Waals surface area contributed by atoms with Crippen molar-refractivity contribution >= 4 is 38.4 Å². The van der Waals surface area contributed by atoms with E-state index < -0.39 is 10.0 Å². The molecule has 4 nitrogen and oxygen atoms in total. The molecule has 0 saturated carbocycles. The lowest BCUT2D eigenvalue weighted by Crippen LogP contribution is -2.21. The Labute approximate surface area is 121 Å². The number of anilines is 1. The van der Waals surface area contributed by atoms with Gasteiger partial charge in [-0.15, -0.1) is 11.3 Å². The van der Waals surface area contributed by atoms with Gasteiger partial charge >= 0.3 is 0 Å². The fourth-order valence-corrected chi connectivity index (χ4v) is 4.45. The Morgan fingerprint density at radius 3 is 2.68 bits per heavy atom. The summed E-state index contributed by atoms with van der Waals surface area (Å²) in [5.41, 5.74) is 0.611. The highest BCUT2D eigenvalue weighted by Crippen LogP contribution is 2.24. The summed E-state index contributed by atoms with van der Waals surface area (Å²) in [7, 11) is -3.45. The standard InChI is InChI=1S/C12H16N2O2S3/c1-9(2)13-7-11-3-4-12(18-11)19(15,16)14-10-5-6-17-8-10/h3-6,8-9,13-14H,7H2,1-2H3. The highest BCUT2D eigenvalue weighted by molar-refractivity contribution is 7.94. The van der Waals surface area contributed by atoms with E-state index >= 15 is 0 Å². The van der Waals surface area contributed by atoms with Gasteiger partial charge in [0.1, 0.15) is 4.21 Å². The first-order chi connectivity index (χ1) is 8.97. The van der Waals surface area contributed by atoms with Gasteiger partial charge in [-0.3, -0.25) is 4.72 Å². The molecule has 0 aliphatic heterocycles. The first kappa shape index (κ1) is 14.5. The fourth-order valence-electron chi connectivity index (χ4n) is 1.43.